The predicted octanol–water partition coefficient (Wildman–Crippen LogP) is 1.73. The number of imidazole rings is 1. The lowest BCUT2D eigenvalue weighted by Gasteiger charge is -2.38. The van der Waals surface area contributed by atoms with E-state index in [-0.39, 0.29) is 17.5 Å². The van der Waals surface area contributed by atoms with Crippen LogP contribution in [0.25, 0.3) is 5.69 Å². The first-order valence-electron chi connectivity index (χ1n) is 9.33. The third-order valence-electron chi connectivity index (χ3n) is 5.37. The van der Waals surface area contributed by atoms with Crippen molar-refractivity contribution in [3.63, 3.8) is 0 Å². The number of carbonyl (C=O) groups excluding carboxylic acids is 1. The molecule has 1 amide bonds. The Balaban J connectivity index is 1.52. The Morgan fingerprint density at radius 1 is 1.21 bits per heavy atom. The lowest BCUT2D eigenvalue weighted by Crippen LogP contribution is -2.49. The highest BCUT2D eigenvalue weighted by Gasteiger charge is 2.30. The van der Waals surface area contributed by atoms with Crippen LogP contribution in [0.5, 0.6) is 0 Å². The van der Waals surface area contributed by atoms with Crippen LogP contribution >= 0.6 is 0 Å². The lowest BCUT2D eigenvalue weighted by atomic mass is 10.1. The monoisotopic (exact) mass is 394 g/mol. The van der Waals surface area contributed by atoms with Gasteiger partial charge >= 0.3 is 5.97 Å². The quantitative estimate of drug-likeness (QED) is 0.698. The fourth-order valence-corrected chi connectivity index (χ4v) is 3.62. The molecule has 1 aliphatic rings. The summed E-state index contributed by atoms with van der Waals surface area (Å²) in [5, 5.41) is 13.3. The first-order valence-corrected chi connectivity index (χ1v) is 9.33. The summed E-state index contributed by atoms with van der Waals surface area (Å²) in [6.07, 6.45) is 4.83. The second-order valence-corrected chi connectivity index (χ2v) is 7.13. The van der Waals surface area contributed by atoms with Crippen LogP contribution in [0.2, 0.25) is 0 Å². The Bertz CT molecular complexity index is 1030. The van der Waals surface area contributed by atoms with Gasteiger partial charge in [-0.1, -0.05) is 0 Å². The van der Waals surface area contributed by atoms with Gasteiger partial charge in [0.15, 0.2) is 0 Å². The summed E-state index contributed by atoms with van der Waals surface area (Å²) in [5.41, 5.74) is 1.99. The molecule has 1 atom stereocenters. The van der Waals surface area contributed by atoms with Crippen LogP contribution in [-0.4, -0.2) is 73.2 Å². The number of piperazine rings is 1. The molecular weight excluding hydrogens is 372 g/mol. The molecular formula is C20H22N6O3. The van der Waals surface area contributed by atoms with Gasteiger partial charge in [-0.2, -0.15) is 5.10 Å². The number of carboxylic acids is 1. The highest BCUT2D eigenvalue weighted by molar-refractivity contribution is 5.94. The third kappa shape index (κ3) is 3.52. The number of amides is 1. The molecule has 9 heteroatoms. The van der Waals surface area contributed by atoms with Crippen LogP contribution in [0.4, 0.5) is 0 Å². The molecule has 0 radical (unpaired) electrons. The Morgan fingerprint density at radius 2 is 1.97 bits per heavy atom. The molecule has 1 saturated heterocycles. The number of H-pyrrole nitrogens is 1. The summed E-state index contributed by atoms with van der Waals surface area (Å²) in [4.78, 5) is 35.7. The zero-order chi connectivity index (χ0) is 20.5. The molecule has 2 aromatic heterocycles. The minimum absolute atomic E-state index is 0.0307. The summed E-state index contributed by atoms with van der Waals surface area (Å²) in [5.74, 6) is -0.199. The number of nitrogens with zero attached hydrogens (tertiary/aromatic N) is 5. The van der Waals surface area contributed by atoms with Gasteiger partial charge in [0.05, 0.1) is 23.6 Å². The van der Waals surface area contributed by atoms with Crippen LogP contribution in [0.15, 0.2) is 42.9 Å². The van der Waals surface area contributed by atoms with Gasteiger partial charge in [0.1, 0.15) is 11.4 Å². The van der Waals surface area contributed by atoms with Gasteiger partial charge in [-0.05, 0) is 38.2 Å². The van der Waals surface area contributed by atoms with E-state index in [0.29, 0.717) is 30.0 Å². The summed E-state index contributed by atoms with van der Waals surface area (Å²) in [6, 6.07) is 7.08. The van der Waals surface area contributed by atoms with E-state index in [1.807, 2.05) is 11.9 Å². The molecule has 0 spiro atoms. The van der Waals surface area contributed by atoms with Gasteiger partial charge in [0.25, 0.3) is 5.91 Å². The molecule has 1 aliphatic heterocycles. The molecule has 0 aliphatic carbocycles. The summed E-state index contributed by atoms with van der Waals surface area (Å²) >= 11 is 0. The summed E-state index contributed by atoms with van der Waals surface area (Å²) in [7, 11) is 2.03. The molecule has 1 aromatic carbocycles. The van der Waals surface area contributed by atoms with Crippen molar-refractivity contribution in [3.05, 3.63) is 65.5 Å². The van der Waals surface area contributed by atoms with Crippen molar-refractivity contribution in [2.24, 2.45) is 0 Å². The van der Waals surface area contributed by atoms with Gasteiger partial charge in [-0.15, -0.1) is 0 Å². The molecule has 3 aromatic rings. The third-order valence-corrected chi connectivity index (χ3v) is 5.37. The first kappa shape index (κ1) is 18.9. The number of benzene rings is 1. The summed E-state index contributed by atoms with van der Waals surface area (Å²) in [6.45, 7) is 3.67. The van der Waals surface area contributed by atoms with Crippen molar-refractivity contribution in [2.45, 2.75) is 13.0 Å². The normalized spacial score (nSPS) is 17.4. The van der Waals surface area contributed by atoms with Crippen LogP contribution in [-0.2, 0) is 0 Å². The molecule has 1 unspecified atom stereocenters. The van der Waals surface area contributed by atoms with Crippen molar-refractivity contribution in [2.75, 3.05) is 26.7 Å². The SMILES string of the molecule is Cc1c(C(=O)O)cnn1-c1ccc(C(=O)N2CCN(C)C(c3ncc[nH]3)C2)cc1. The first-order chi connectivity index (χ1) is 14.0. The van der Waals surface area contributed by atoms with E-state index in [0.717, 1.165) is 12.4 Å². The second-order valence-electron chi connectivity index (χ2n) is 7.13. The summed E-state index contributed by atoms with van der Waals surface area (Å²) < 4.78 is 1.56. The van der Waals surface area contributed by atoms with Crippen molar-refractivity contribution >= 4 is 11.9 Å². The van der Waals surface area contributed by atoms with Gasteiger partial charge < -0.3 is 15.0 Å². The number of aromatic carboxylic acids is 1. The van der Waals surface area contributed by atoms with E-state index >= 15 is 0 Å². The van der Waals surface area contributed by atoms with E-state index in [9.17, 15) is 14.7 Å². The van der Waals surface area contributed by atoms with E-state index in [4.69, 9.17) is 0 Å². The molecule has 4 rings (SSSR count). The number of aromatic nitrogens is 4. The van der Waals surface area contributed by atoms with Gasteiger partial charge in [-0.25, -0.2) is 14.5 Å². The Kier molecular flexibility index (Phi) is 4.89. The second kappa shape index (κ2) is 7.51. The highest BCUT2D eigenvalue weighted by atomic mass is 16.4. The largest absolute Gasteiger partial charge is 0.478 e. The zero-order valence-corrected chi connectivity index (χ0v) is 16.2. The van der Waals surface area contributed by atoms with Crippen LogP contribution in [0.1, 0.15) is 38.3 Å². The fraction of sp³-hybridized carbons (Fsp3) is 0.300. The Labute approximate surface area is 167 Å². The zero-order valence-electron chi connectivity index (χ0n) is 16.2. The van der Waals surface area contributed by atoms with E-state index in [1.54, 1.807) is 48.3 Å². The van der Waals surface area contributed by atoms with Gasteiger partial charge in [0, 0.05) is 37.6 Å². The minimum atomic E-state index is -1.01. The van der Waals surface area contributed by atoms with E-state index in [1.165, 1.54) is 6.20 Å². The number of rotatable bonds is 4. The molecule has 29 heavy (non-hydrogen) atoms. The maximum absolute atomic E-state index is 13.0. The maximum atomic E-state index is 13.0. The van der Waals surface area contributed by atoms with E-state index in [2.05, 4.69) is 20.0 Å². The Morgan fingerprint density at radius 3 is 2.59 bits per heavy atom. The lowest BCUT2D eigenvalue weighted by molar-refractivity contribution is 0.0534. The standard InChI is InChI=1S/C20H22N6O3/c1-13-16(20(28)29)11-23-26(13)15-5-3-14(4-6-15)19(27)25-10-9-24(2)17(12-25)18-21-7-8-22-18/h3-8,11,17H,9-10,12H2,1-2H3,(H,21,22)(H,28,29). The van der Waals surface area contributed by atoms with E-state index < -0.39 is 5.97 Å². The average Bonchev–Trinajstić information content (AvgIpc) is 3.38. The van der Waals surface area contributed by atoms with Crippen LogP contribution < -0.4 is 0 Å². The molecule has 1 fully saturated rings. The van der Waals surface area contributed by atoms with Crippen molar-refractivity contribution < 1.29 is 14.7 Å². The smallest absolute Gasteiger partial charge is 0.339 e. The van der Waals surface area contributed by atoms with Crippen LogP contribution in [0.3, 0.4) is 0 Å². The topological polar surface area (TPSA) is 107 Å². The fourth-order valence-electron chi connectivity index (χ4n) is 3.62. The molecule has 0 saturated carbocycles. The molecule has 0 bridgehead atoms. The highest BCUT2D eigenvalue weighted by Crippen LogP contribution is 2.23. The van der Waals surface area contributed by atoms with Crippen molar-refractivity contribution in [1.82, 2.24) is 29.5 Å². The van der Waals surface area contributed by atoms with Gasteiger partial charge in [0.2, 0.25) is 0 Å². The van der Waals surface area contributed by atoms with Gasteiger partial charge in [-0.3, -0.25) is 9.69 Å². The molecule has 2 N–H and O–H groups in total. The Hall–Kier alpha value is -3.46. The number of likely N-dealkylation sites (N-methyl/N-ethyl adjacent to an activating group) is 1. The minimum Gasteiger partial charge on any atom is -0.478 e. The maximum Gasteiger partial charge on any atom is 0.339 e. The van der Waals surface area contributed by atoms with Crippen molar-refractivity contribution in [1.29, 1.82) is 0 Å². The molecule has 9 nitrogen and oxygen atoms in total. The number of hydrogen-bond acceptors (Lipinski definition) is 5. The number of carboxylic acid groups (broad SMARTS) is 1. The predicted molar refractivity (Wildman–Crippen MR) is 105 cm³/mol. The average molecular weight is 394 g/mol. The van der Waals surface area contributed by atoms with Crippen LogP contribution in [0, 0.1) is 6.92 Å². The molecule has 3 heterocycles. The molecule has 150 valence electrons. The van der Waals surface area contributed by atoms with Crippen molar-refractivity contribution in [3.8, 4) is 5.69 Å². The number of nitrogens with one attached hydrogen (secondary N) is 1. The number of aromatic amines is 1. The number of carbonyl (C=O) groups is 2. The number of hydrogen-bond donors (Lipinski definition) is 2.